The fourth-order valence-electron chi connectivity index (χ4n) is 5.62. The maximum absolute atomic E-state index is 13.5. The van der Waals surface area contributed by atoms with Crippen molar-refractivity contribution >= 4 is 29.8 Å². The lowest BCUT2D eigenvalue weighted by atomic mass is 10.1. The lowest BCUT2D eigenvalue weighted by Gasteiger charge is -2.35. The first kappa shape index (κ1) is 33.9. The number of likely N-dealkylation sites (tertiary alicyclic amines) is 1. The van der Waals surface area contributed by atoms with Crippen LogP contribution >= 0.6 is 0 Å². The molecule has 0 spiro atoms. The summed E-state index contributed by atoms with van der Waals surface area (Å²) in [5.74, 6) is -1.72. The number of aryl methyl sites for hydroxylation is 1. The number of benzene rings is 1. The van der Waals surface area contributed by atoms with E-state index in [1.54, 1.807) is 43.0 Å². The maximum atomic E-state index is 13.5. The average molecular weight is 667 g/mol. The molecule has 2 fully saturated rings. The monoisotopic (exact) mass is 666 g/mol. The summed E-state index contributed by atoms with van der Waals surface area (Å²) in [5.41, 5.74) is 0.444. The quantitative estimate of drug-likeness (QED) is 0.283. The van der Waals surface area contributed by atoms with Crippen molar-refractivity contribution in [2.75, 3.05) is 45.9 Å². The molecule has 5 rings (SSSR count). The van der Waals surface area contributed by atoms with Gasteiger partial charge in [0, 0.05) is 45.2 Å². The number of amides is 4. The molecule has 4 heterocycles. The molecule has 2 aliphatic heterocycles. The Labute approximate surface area is 275 Å². The Bertz CT molecular complexity index is 1620. The third kappa shape index (κ3) is 8.08. The molecular formula is C31H38N8O9. The summed E-state index contributed by atoms with van der Waals surface area (Å²) in [5, 5.41) is 20.2. The molecule has 2 N–H and O–H groups in total. The number of ether oxygens (including phenoxy) is 2. The van der Waals surface area contributed by atoms with Crippen LogP contribution in [-0.4, -0.2) is 121 Å². The highest BCUT2D eigenvalue weighted by molar-refractivity contribution is 5.96. The zero-order chi connectivity index (χ0) is 34.2. The van der Waals surface area contributed by atoms with Crippen molar-refractivity contribution in [3.05, 3.63) is 53.8 Å². The molecule has 0 saturated carbocycles. The number of carboxylic acid groups (broad SMARTS) is 1. The van der Waals surface area contributed by atoms with Gasteiger partial charge in [-0.2, -0.15) is 10.1 Å². The van der Waals surface area contributed by atoms with Gasteiger partial charge in [-0.3, -0.25) is 19.2 Å². The zero-order valence-electron chi connectivity index (χ0n) is 26.7. The summed E-state index contributed by atoms with van der Waals surface area (Å²) in [6.07, 6.45) is 0.423. The average Bonchev–Trinajstić information content (AvgIpc) is 3.85. The molecule has 1 aromatic carbocycles. The topological polar surface area (TPSA) is 203 Å². The number of piperazine rings is 1. The summed E-state index contributed by atoms with van der Waals surface area (Å²) in [4.78, 5) is 72.6. The molecule has 4 amide bonds. The number of aromatic nitrogens is 4. The van der Waals surface area contributed by atoms with E-state index < -0.39 is 29.9 Å². The van der Waals surface area contributed by atoms with Gasteiger partial charge in [0.1, 0.15) is 12.1 Å². The van der Waals surface area contributed by atoms with E-state index in [0.717, 1.165) is 6.42 Å². The van der Waals surface area contributed by atoms with Crippen LogP contribution in [0.2, 0.25) is 0 Å². The van der Waals surface area contributed by atoms with Crippen molar-refractivity contribution in [2.45, 2.75) is 51.6 Å². The SMILES string of the molecule is CCOC(=O)N1CCN(C(=O)[C@H](CCC(=O)O)NC(=O)c2cc(OCC(=O)N3CCC[C@H]3c3nc(C)no3)n(-c3ccccc3)n2)CC1. The summed E-state index contributed by atoms with van der Waals surface area (Å²) in [6.45, 7) is 4.61. The number of hydrogen-bond donors (Lipinski definition) is 2. The van der Waals surface area contributed by atoms with Crippen molar-refractivity contribution in [1.29, 1.82) is 0 Å². The Morgan fingerprint density at radius 1 is 1.06 bits per heavy atom. The molecule has 2 atom stereocenters. The third-order valence-electron chi connectivity index (χ3n) is 8.02. The Balaban J connectivity index is 1.30. The van der Waals surface area contributed by atoms with E-state index in [1.165, 1.54) is 20.5 Å². The van der Waals surface area contributed by atoms with Crippen molar-refractivity contribution in [2.24, 2.45) is 0 Å². The van der Waals surface area contributed by atoms with Gasteiger partial charge < -0.3 is 39.1 Å². The largest absolute Gasteiger partial charge is 0.481 e. The van der Waals surface area contributed by atoms with Gasteiger partial charge in [0.2, 0.25) is 17.7 Å². The van der Waals surface area contributed by atoms with E-state index in [4.69, 9.17) is 14.0 Å². The molecule has 48 heavy (non-hydrogen) atoms. The number of nitrogens with one attached hydrogen (secondary N) is 1. The minimum absolute atomic E-state index is 0.104. The van der Waals surface area contributed by atoms with Crippen molar-refractivity contribution in [1.82, 2.24) is 39.9 Å². The minimum atomic E-state index is -1.17. The van der Waals surface area contributed by atoms with Gasteiger partial charge in [0.05, 0.1) is 12.3 Å². The van der Waals surface area contributed by atoms with Crippen molar-refractivity contribution < 1.29 is 43.1 Å². The number of carbonyl (C=O) groups is 5. The number of carboxylic acids is 1. The maximum Gasteiger partial charge on any atom is 0.409 e. The van der Waals surface area contributed by atoms with Crippen LogP contribution in [0.1, 0.15) is 60.9 Å². The van der Waals surface area contributed by atoms with Crippen LogP contribution in [0.4, 0.5) is 4.79 Å². The Morgan fingerprint density at radius 2 is 1.79 bits per heavy atom. The number of carbonyl (C=O) groups excluding carboxylic acids is 4. The fourth-order valence-corrected chi connectivity index (χ4v) is 5.62. The predicted octanol–water partition coefficient (Wildman–Crippen LogP) is 1.57. The van der Waals surface area contributed by atoms with Gasteiger partial charge in [-0.25, -0.2) is 9.48 Å². The van der Waals surface area contributed by atoms with Gasteiger partial charge in [0.15, 0.2) is 18.1 Å². The highest BCUT2D eigenvalue weighted by atomic mass is 16.6. The van der Waals surface area contributed by atoms with E-state index in [2.05, 4.69) is 20.6 Å². The Kier molecular flexibility index (Phi) is 10.9. The first-order valence-corrected chi connectivity index (χ1v) is 15.8. The highest BCUT2D eigenvalue weighted by Crippen LogP contribution is 2.31. The normalized spacial score (nSPS) is 16.8. The highest BCUT2D eigenvalue weighted by Gasteiger charge is 2.35. The van der Waals surface area contributed by atoms with Crippen LogP contribution in [-0.2, 0) is 19.1 Å². The molecule has 2 saturated heterocycles. The third-order valence-corrected chi connectivity index (χ3v) is 8.02. The number of nitrogens with zero attached hydrogens (tertiary/aromatic N) is 7. The van der Waals surface area contributed by atoms with Gasteiger partial charge >= 0.3 is 12.1 Å². The minimum Gasteiger partial charge on any atom is -0.481 e. The van der Waals surface area contributed by atoms with Gasteiger partial charge in [-0.1, -0.05) is 23.4 Å². The van der Waals surface area contributed by atoms with Gasteiger partial charge in [-0.15, -0.1) is 0 Å². The number of para-hydroxylation sites is 1. The molecule has 0 unspecified atom stereocenters. The summed E-state index contributed by atoms with van der Waals surface area (Å²) >= 11 is 0. The second-order valence-corrected chi connectivity index (χ2v) is 11.3. The van der Waals surface area contributed by atoms with Crippen molar-refractivity contribution in [3.63, 3.8) is 0 Å². The zero-order valence-corrected chi connectivity index (χ0v) is 26.7. The molecule has 2 aliphatic rings. The lowest BCUT2D eigenvalue weighted by Crippen LogP contribution is -2.56. The standard InChI is InChI=1S/C31H38N8O9/c1-3-46-31(45)37-16-14-36(15-17-37)30(44)22(11-12-27(41)42)33-28(43)23-18-26(39(34-23)21-8-5-4-6-9-21)47-19-25(40)38-13-7-10-24(38)29-32-20(2)35-48-29/h4-6,8-9,18,22,24H,3,7,10-17,19H2,1-2H3,(H,33,43)(H,41,42)/t22-,24-/m0/s1. The molecule has 17 nitrogen and oxygen atoms in total. The van der Waals surface area contributed by atoms with E-state index in [9.17, 15) is 29.1 Å². The van der Waals surface area contributed by atoms with Crippen LogP contribution in [0.3, 0.4) is 0 Å². The molecular weight excluding hydrogens is 628 g/mol. The van der Waals surface area contributed by atoms with Gasteiger partial charge in [0.25, 0.3) is 11.8 Å². The smallest absolute Gasteiger partial charge is 0.409 e. The molecule has 256 valence electrons. The van der Waals surface area contributed by atoms with Crippen LogP contribution in [0.25, 0.3) is 5.69 Å². The fraction of sp³-hybridized carbons (Fsp3) is 0.484. The molecule has 0 aliphatic carbocycles. The van der Waals surface area contributed by atoms with E-state index in [-0.39, 0.29) is 75.8 Å². The van der Waals surface area contributed by atoms with Crippen LogP contribution in [0.15, 0.2) is 40.9 Å². The molecule has 0 radical (unpaired) electrons. The Morgan fingerprint density at radius 3 is 2.46 bits per heavy atom. The molecule has 3 aromatic rings. The van der Waals surface area contributed by atoms with Crippen LogP contribution in [0.5, 0.6) is 5.88 Å². The Hall–Kier alpha value is -5.48. The first-order valence-electron chi connectivity index (χ1n) is 15.8. The van der Waals surface area contributed by atoms with E-state index >= 15 is 0 Å². The van der Waals surface area contributed by atoms with E-state index in [0.29, 0.717) is 30.4 Å². The number of aliphatic carboxylic acids is 1. The summed E-state index contributed by atoms with van der Waals surface area (Å²) in [7, 11) is 0. The van der Waals surface area contributed by atoms with Gasteiger partial charge in [-0.05, 0) is 45.2 Å². The van der Waals surface area contributed by atoms with Crippen molar-refractivity contribution in [3.8, 4) is 11.6 Å². The molecule has 2 aromatic heterocycles. The molecule has 0 bridgehead atoms. The summed E-state index contributed by atoms with van der Waals surface area (Å²) < 4.78 is 17.6. The second kappa shape index (κ2) is 15.4. The predicted molar refractivity (Wildman–Crippen MR) is 165 cm³/mol. The number of rotatable bonds is 12. The van der Waals surface area contributed by atoms with Crippen LogP contribution < -0.4 is 10.1 Å². The van der Waals surface area contributed by atoms with E-state index in [1.807, 2.05) is 6.07 Å². The molecule has 17 heteroatoms. The van der Waals surface area contributed by atoms with Crippen LogP contribution in [0, 0.1) is 6.92 Å². The second-order valence-electron chi connectivity index (χ2n) is 11.3. The number of hydrogen-bond acceptors (Lipinski definition) is 11. The lowest BCUT2D eigenvalue weighted by molar-refractivity contribution is -0.138. The first-order chi connectivity index (χ1) is 23.1. The summed E-state index contributed by atoms with van der Waals surface area (Å²) in [6, 6.07) is 8.66.